The summed E-state index contributed by atoms with van der Waals surface area (Å²) in [7, 11) is 0. The summed E-state index contributed by atoms with van der Waals surface area (Å²) in [4.78, 5) is 25.7. The molecule has 0 spiro atoms. The van der Waals surface area contributed by atoms with Crippen LogP contribution in [0.25, 0.3) is 5.69 Å². The molecule has 1 saturated carbocycles. The molecule has 0 atom stereocenters. The number of hydrazine groups is 1. The maximum absolute atomic E-state index is 12.9. The topological polar surface area (TPSA) is 81.0 Å². The standard InChI is InChI=1S/C24H29N5O2/c1-15-13-19(16(2)28(15)18-9-7-6-8-10-18)22(30)25-26-23(31)21-14-20(17-11-12-17)27-29(21)24(3,4)5/h6-10,13-14,17H,11-12H2,1-5H3,(H,25,30)(H,26,31). The Balaban J connectivity index is 1.52. The zero-order valence-electron chi connectivity index (χ0n) is 18.7. The summed E-state index contributed by atoms with van der Waals surface area (Å²) in [5.74, 6) is -0.291. The fourth-order valence-corrected chi connectivity index (χ4v) is 3.86. The molecule has 4 rings (SSSR count). The van der Waals surface area contributed by atoms with Crippen molar-refractivity contribution in [2.45, 2.75) is 58.9 Å². The van der Waals surface area contributed by atoms with Crippen molar-refractivity contribution in [3.8, 4) is 5.69 Å². The summed E-state index contributed by atoms with van der Waals surface area (Å²) in [6, 6.07) is 13.5. The minimum Gasteiger partial charge on any atom is -0.318 e. The van der Waals surface area contributed by atoms with Gasteiger partial charge in [-0.15, -0.1) is 0 Å². The minimum atomic E-state index is -0.375. The number of benzene rings is 1. The largest absolute Gasteiger partial charge is 0.318 e. The Hall–Kier alpha value is -3.35. The third-order valence-electron chi connectivity index (χ3n) is 5.57. The third-order valence-corrected chi connectivity index (χ3v) is 5.57. The van der Waals surface area contributed by atoms with Gasteiger partial charge in [0.05, 0.1) is 16.8 Å². The van der Waals surface area contributed by atoms with Gasteiger partial charge in [0.1, 0.15) is 5.69 Å². The lowest BCUT2D eigenvalue weighted by Crippen LogP contribution is -2.43. The molecule has 2 N–H and O–H groups in total. The zero-order chi connectivity index (χ0) is 22.3. The quantitative estimate of drug-likeness (QED) is 0.627. The Labute approximate surface area is 182 Å². The molecule has 2 aromatic heterocycles. The number of carbonyl (C=O) groups excluding carboxylic acids is 2. The highest BCUT2D eigenvalue weighted by Crippen LogP contribution is 2.40. The lowest BCUT2D eigenvalue weighted by Gasteiger charge is -2.22. The molecular formula is C24H29N5O2. The molecule has 0 radical (unpaired) electrons. The predicted molar refractivity (Wildman–Crippen MR) is 119 cm³/mol. The smallest absolute Gasteiger partial charge is 0.287 e. The van der Waals surface area contributed by atoms with E-state index in [-0.39, 0.29) is 17.4 Å². The van der Waals surface area contributed by atoms with E-state index in [1.54, 1.807) is 4.68 Å². The monoisotopic (exact) mass is 419 g/mol. The molecule has 31 heavy (non-hydrogen) atoms. The summed E-state index contributed by atoms with van der Waals surface area (Å²) >= 11 is 0. The molecule has 1 fully saturated rings. The number of hydrogen-bond acceptors (Lipinski definition) is 3. The van der Waals surface area contributed by atoms with E-state index in [2.05, 4.69) is 16.0 Å². The highest BCUT2D eigenvalue weighted by atomic mass is 16.2. The summed E-state index contributed by atoms with van der Waals surface area (Å²) in [5, 5.41) is 4.65. The van der Waals surface area contributed by atoms with E-state index >= 15 is 0 Å². The van der Waals surface area contributed by atoms with Crippen molar-refractivity contribution in [3.63, 3.8) is 0 Å². The van der Waals surface area contributed by atoms with Crippen LogP contribution in [-0.2, 0) is 5.54 Å². The molecule has 7 nitrogen and oxygen atoms in total. The van der Waals surface area contributed by atoms with Crippen molar-refractivity contribution in [2.75, 3.05) is 0 Å². The van der Waals surface area contributed by atoms with Crippen LogP contribution < -0.4 is 10.9 Å². The normalized spacial score (nSPS) is 13.8. The molecule has 1 aliphatic rings. The second-order valence-electron chi connectivity index (χ2n) is 9.18. The van der Waals surface area contributed by atoms with Crippen molar-refractivity contribution >= 4 is 11.8 Å². The van der Waals surface area contributed by atoms with E-state index < -0.39 is 0 Å². The van der Waals surface area contributed by atoms with Gasteiger partial charge in [0.15, 0.2) is 0 Å². The van der Waals surface area contributed by atoms with E-state index in [9.17, 15) is 9.59 Å². The van der Waals surface area contributed by atoms with Crippen LogP contribution in [0.1, 0.15) is 77.5 Å². The first-order valence-corrected chi connectivity index (χ1v) is 10.6. The van der Waals surface area contributed by atoms with E-state index in [1.807, 2.05) is 81.7 Å². The predicted octanol–water partition coefficient (Wildman–Crippen LogP) is 4.00. The van der Waals surface area contributed by atoms with Gasteiger partial charge in [-0.3, -0.25) is 25.1 Å². The second kappa shape index (κ2) is 7.72. The van der Waals surface area contributed by atoms with Crippen LogP contribution in [0.5, 0.6) is 0 Å². The van der Waals surface area contributed by atoms with Crippen LogP contribution in [0.4, 0.5) is 0 Å². The van der Waals surface area contributed by atoms with E-state index in [4.69, 9.17) is 0 Å². The molecule has 0 saturated heterocycles. The average molecular weight is 420 g/mol. The van der Waals surface area contributed by atoms with Crippen molar-refractivity contribution in [1.82, 2.24) is 25.2 Å². The number of carbonyl (C=O) groups is 2. The maximum atomic E-state index is 12.9. The first-order chi connectivity index (χ1) is 14.7. The summed E-state index contributed by atoms with van der Waals surface area (Å²) in [6.07, 6.45) is 2.21. The Morgan fingerprint density at radius 2 is 1.65 bits per heavy atom. The van der Waals surface area contributed by atoms with Crippen molar-refractivity contribution in [3.05, 3.63) is 70.8 Å². The molecular weight excluding hydrogens is 390 g/mol. The van der Waals surface area contributed by atoms with Crippen molar-refractivity contribution in [1.29, 1.82) is 0 Å². The molecule has 1 aromatic carbocycles. The van der Waals surface area contributed by atoms with Crippen LogP contribution in [-0.4, -0.2) is 26.2 Å². The zero-order valence-corrected chi connectivity index (χ0v) is 18.7. The Morgan fingerprint density at radius 1 is 1.00 bits per heavy atom. The molecule has 0 unspecified atom stereocenters. The first kappa shape index (κ1) is 20.9. The van der Waals surface area contributed by atoms with Crippen LogP contribution in [0, 0.1) is 13.8 Å². The lowest BCUT2D eigenvalue weighted by atomic mass is 10.1. The van der Waals surface area contributed by atoms with Gasteiger partial charge in [-0.1, -0.05) is 18.2 Å². The number of aromatic nitrogens is 3. The van der Waals surface area contributed by atoms with Gasteiger partial charge in [0.25, 0.3) is 11.8 Å². The summed E-state index contributed by atoms with van der Waals surface area (Å²) in [6.45, 7) is 9.86. The molecule has 3 aromatic rings. The Morgan fingerprint density at radius 3 is 2.26 bits per heavy atom. The second-order valence-corrected chi connectivity index (χ2v) is 9.18. The third kappa shape index (κ3) is 4.13. The fourth-order valence-electron chi connectivity index (χ4n) is 3.86. The highest BCUT2D eigenvalue weighted by Gasteiger charge is 2.31. The number of para-hydroxylation sites is 1. The van der Waals surface area contributed by atoms with Crippen molar-refractivity contribution < 1.29 is 9.59 Å². The number of nitrogens with one attached hydrogen (secondary N) is 2. The molecule has 1 aliphatic carbocycles. The van der Waals surface area contributed by atoms with Crippen molar-refractivity contribution in [2.24, 2.45) is 0 Å². The van der Waals surface area contributed by atoms with Crippen LogP contribution in [0.2, 0.25) is 0 Å². The van der Waals surface area contributed by atoms with Gasteiger partial charge in [0, 0.05) is 23.0 Å². The average Bonchev–Trinajstić information content (AvgIpc) is 3.39. The van der Waals surface area contributed by atoms with Gasteiger partial charge in [-0.2, -0.15) is 5.10 Å². The lowest BCUT2D eigenvalue weighted by molar-refractivity contribution is 0.0836. The van der Waals surface area contributed by atoms with Gasteiger partial charge >= 0.3 is 0 Å². The van der Waals surface area contributed by atoms with E-state index in [0.29, 0.717) is 17.2 Å². The molecule has 7 heteroatoms. The molecule has 0 aliphatic heterocycles. The van der Waals surface area contributed by atoms with Crippen LogP contribution >= 0.6 is 0 Å². The molecule has 2 amide bonds. The van der Waals surface area contributed by atoms with Gasteiger partial charge in [-0.05, 0) is 71.7 Å². The Kier molecular flexibility index (Phi) is 5.21. The van der Waals surface area contributed by atoms with E-state index in [1.165, 1.54) is 0 Å². The number of amides is 2. The molecule has 2 heterocycles. The maximum Gasteiger partial charge on any atom is 0.287 e. The van der Waals surface area contributed by atoms with Gasteiger partial charge in [0.2, 0.25) is 0 Å². The highest BCUT2D eigenvalue weighted by molar-refractivity contribution is 5.99. The first-order valence-electron chi connectivity index (χ1n) is 10.6. The molecule has 0 bridgehead atoms. The minimum absolute atomic E-state index is 0.343. The number of rotatable bonds is 4. The van der Waals surface area contributed by atoms with Gasteiger partial charge < -0.3 is 4.57 Å². The Bertz CT molecular complexity index is 1130. The number of nitrogens with zero attached hydrogens (tertiary/aromatic N) is 3. The number of aryl methyl sites for hydroxylation is 1. The fraction of sp³-hybridized carbons (Fsp3) is 0.375. The van der Waals surface area contributed by atoms with Crippen LogP contribution in [0.15, 0.2) is 42.5 Å². The van der Waals surface area contributed by atoms with E-state index in [0.717, 1.165) is 35.6 Å². The molecule has 162 valence electrons. The number of hydrogen-bond donors (Lipinski definition) is 2. The SMILES string of the molecule is Cc1cc(C(=O)NNC(=O)c2cc(C3CC3)nn2C(C)(C)C)c(C)n1-c1ccccc1. The van der Waals surface area contributed by atoms with Gasteiger partial charge in [-0.25, -0.2) is 0 Å². The van der Waals surface area contributed by atoms with Crippen LogP contribution in [0.3, 0.4) is 0 Å². The summed E-state index contributed by atoms with van der Waals surface area (Å²) < 4.78 is 3.76. The summed E-state index contributed by atoms with van der Waals surface area (Å²) in [5.41, 5.74) is 9.45.